The Morgan fingerprint density at radius 2 is 1.88 bits per heavy atom. The van der Waals surface area contributed by atoms with E-state index < -0.39 is 44.9 Å². The second-order valence-corrected chi connectivity index (χ2v) is 11.1. The molecule has 2 aliphatic heterocycles. The van der Waals surface area contributed by atoms with Crippen LogP contribution in [0.15, 0.2) is 72.8 Å². The number of nitrogens with zero attached hydrogens (tertiary/aromatic N) is 2. The molecular weight excluding hydrogens is 504 g/mol. The van der Waals surface area contributed by atoms with E-state index in [-0.39, 0.29) is 14.8 Å². The molecular formula is C23H14ClF2N3O3S2. The molecule has 2 aromatic carbocycles. The summed E-state index contributed by atoms with van der Waals surface area (Å²) in [6.07, 6.45) is 3.28. The lowest BCUT2D eigenvalue weighted by molar-refractivity contribution is 0.103. The highest BCUT2D eigenvalue weighted by Crippen LogP contribution is 2.33. The van der Waals surface area contributed by atoms with Crippen molar-refractivity contribution in [3.63, 3.8) is 0 Å². The number of carbonyl (C=O) groups excluding carboxylic acids is 1. The van der Waals surface area contributed by atoms with Gasteiger partial charge in [-0.2, -0.15) is 0 Å². The smallest absolute Gasteiger partial charge is 0.271 e. The number of aryl methyl sites for hydroxylation is 1. The van der Waals surface area contributed by atoms with Crippen molar-refractivity contribution < 1.29 is 22.0 Å². The summed E-state index contributed by atoms with van der Waals surface area (Å²) in [7, 11) is -4.20. The third kappa shape index (κ3) is 3.87. The lowest BCUT2D eigenvalue weighted by atomic mass is 9.97. The number of nitrogens with one attached hydrogen (secondary N) is 1. The number of fused-ring (bicyclic) bond motifs is 2. The fourth-order valence-corrected chi connectivity index (χ4v) is 6.28. The zero-order chi connectivity index (χ0) is 24.2. The molecule has 0 aliphatic carbocycles. The largest absolute Gasteiger partial charge is 0.288 e. The molecule has 3 heterocycles. The first-order valence-electron chi connectivity index (χ1n) is 9.87. The van der Waals surface area contributed by atoms with E-state index in [1.165, 1.54) is 24.6 Å². The molecule has 172 valence electrons. The Kier molecular flexibility index (Phi) is 5.46. The maximum atomic E-state index is 15.3. The summed E-state index contributed by atoms with van der Waals surface area (Å²) >= 11 is 6.96. The molecule has 0 radical (unpaired) electrons. The Bertz CT molecular complexity index is 1620. The van der Waals surface area contributed by atoms with E-state index in [1.54, 1.807) is 6.07 Å². The van der Waals surface area contributed by atoms with Crippen LogP contribution in [-0.2, 0) is 10.0 Å². The van der Waals surface area contributed by atoms with Crippen molar-refractivity contribution in [3.05, 3.63) is 81.4 Å². The van der Waals surface area contributed by atoms with Crippen molar-refractivity contribution in [2.75, 3.05) is 4.72 Å². The average molecular weight is 518 g/mol. The fraction of sp³-hybridized carbons (Fsp3) is 0.0870. The highest BCUT2D eigenvalue weighted by Gasteiger charge is 2.31. The van der Waals surface area contributed by atoms with Crippen molar-refractivity contribution in [2.24, 2.45) is 9.98 Å². The second-order valence-electron chi connectivity index (χ2n) is 7.65. The number of aliphatic imine (C=N–C) groups is 2. The van der Waals surface area contributed by atoms with Gasteiger partial charge in [0.2, 0.25) is 5.78 Å². The first kappa shape index (κ1) is 22.6. The summed E-state index contributed by atoms with van der Waals surface area (Å²) in [5.74, 6) is -3.46. The van der Waals surface area contributed by atoms with Crippen LogP contribution < -0.4 is 4.72 Å². The molecule has 1 atom stereocenters. The number of dihydropyridines is 1. The quantitative estimate of drug-likeness (QED) is 0.460. The predicted molar refractivity (Wildman–Crippen MR) is 130 cm³/mol. The van der Waals surface area contributed by atoms with Crippen LogP contribution in [0.1, 0.15) is 15.9 Å². The van der Waals surface area contributed by atoms with Gasteiger partial charge in [0.25, 0.3) is 10.0 Å². The molecule has 0 fully saturated rings. The Hall–Kier alpha value is -3.21. The van der Waals surface area contributed by atoms with Crippen molar-refractivity contribution in [1.82, 2.24) is 0 Å². The number of hydrogen-bond donors (Lipinski definition) is 1. The summed E-state index contributed by atoms with van der Waals surface area (Å²) in [5.41, 5.74) is -0.255. The molecule has 2 aliphatic rings. The van der Waals surface area contributed by atoms with Crippen LogP contribution >= 0.6 is 22.9 Å². The van der Waals surface area contributed by atoms with Gasteiger partial charge in [0.05, 0.1) is 16.3 Å². The standard InChI is InChI=1S/C23H14ClF2N3O3S2/c1-11-2-5-18-12(6-11)7-19(33-18)34(31,32)29-17-4-3-16(25)20(21(17)26)22(30)15-10-28-23-14(15)8-13(24)9-27-23/h2-10,23,29H,1H3. The van der Waals surface area contributed by atoms with Crippen molar-refractivity contribution >= 4 is 66.9 Å². The Labute approximate surface area is 202 Å². The molecule has 0 amide bonds. The SMILES string of the molecule is Cc1ccc2sc(S(=O)(=O)Nc3ccc(F)c(C(=O)C4=C5C=C(Cl)C=NC5N=C4)c3F)cc2c1. The van der Waals surface area contributed by atoms with Gasteiger partial charge in [-0.3, -0.25) is 19.5 Å². The Morgan fingerprint density at radius 1 is 1.12 bits per heavy atom. The third-order valence-electron chi connectivity index (χ3n) is 5.29. The van der Waals surface area contributed by atoms with E-state index >= 15 is 4.39 Å². The molecule has 0 spiro atoms. The summed E-state index contributed by atoms with van der Waals surface area (Å²) in [4.78, 5) is 21.2. The van der Waals surface area contributed by atoms with E-state index in [9.17, 15) is 17.6 Å². The van der Waals surface area contributed by atoms with Crippen LogP contribution in [0.25, 0.3) is 10.1 Å². The molecule has 3 aromatic rings. The average Bonchev–Trinajstić information content (AvgIpc) is 3.39. The normalized spacial score (nSPS) is 17.3. The molecule has 1 N–H and O–H groups in total. The van der Waals surface area contributed by atoms with Crippen molar-refractivity contribution in [2.45, 2.75) is 17.3 Å². The molecule has 6 nitrogen and oxygen atoms in total. The van der Waals surface area contributed by atoms with Gasteiger partial charge < -0.3 is 0 Å². The summed E-state index contributed by atoms with van der Waals surface area (Å²) in [6, 6.07) is 8.73. The molecule has 5 rings (SSSR count). The first-order valence-corrected chi connectivity index (χ1v) is 12.6. The van der Waals surface area contributed by atoms with E-state index in [4.69, 9.17) is 11.6 Å². The summed E-state index contributed by atoms with van der Waals surface area (Å²) in [5, 5.41) is 0.967. The number of thiophene rings is 1. The van der Waals surface area contributed by atoms with Crippen molar-refractivity contribution in [1.29, 1.82) is 0 Å². The number of sulfonamides is 1. The lowest BCUT2D eigenvalue weighted by Gasteiger charge is -2.13. The van der Waals surface area contributed by atoms with Crippen LogP contribution in [0, 0.1) is 18.6 Å². The number of halogens is 3. The minimum absolute atomic E-state index is 0.0414. The van der Waals surface area contributed by atoms with Crippen molar-refractivity contribution in [3.8, 4) is 0 Å². The van der Waals surface area contributed by atoms with Gasteiger partial charge in [0.15, 0.2) is 12.0 Å². The van der Waals surface area contributed by atoms with Gasteiger partial charge in [-0.25, -0.2) is 17.2 Å². The van der Waals surface area contributed by atoms with Crippen LogP contribution in [0.2, 0.25) is 0 Å². The topological polar surface area (TPSA) is 88.0 Å². The maximum Gasteiger partial charge on any atom is 0.271 e. The van der Waals surface area contributed by atoms with E-state index in [1.807, 2.05) is 19.1 Å². The van der Waals surface area contributed by atoms with Crippen LogP contribution in [0.4, 0.5) is 14.5 Å². The van der Waals surface area contributed by atoms with Crippen LogP contribution in [0.5, 0.6) is 0 Å². The molecule has 0 bridgehead atoms. The lowest BCUT2D eigenvalue weighted by Crippen LogP contribution is -2.17. The molecule has 1 aromatic heterocycles. The first-order chi connectivity index (χ1) is 16.1. The highest BCUT2D eigenvalue weighted by atomic mass is 35.5. The number of hydrogen-bond acceptors (Lipinski definition) is 6. The van der Waals surface area contributed by atoms with Gasteiger partial charge in [0, 0.05) is 28.3 Å². The second kappa shape index (κ2) is 8.23. The monoisotopic (exact) mass is 517 g/mol. The Balaban J connectivity index is 1.52. The zero-order valence-electron chi connectivity index (χ0n) is 17.3. The number of ketones is 1. The molecule has 11 heteroatoms. The molecule has 0 saturated heterocycles. The van der Waals surface area contributed by atoms with Crippen LogP contribution in [-0.4, -0.2) is 32.8 Å². The molecule has 1 unspecified atom stereocenters. The van der Waals surface area contributed by atoms with E-state index in [2.05, 4.69) is 14.7 Å². The summed E-state index contributed by atoms with van der Waals surface area (Å²) in [6.45, 7) is 1.88. The zero-order valence-corrected chi connectivity index (χ0v) is 19.7. The number of benzene rings is 2. The van der Waals surface area contributed by atoms with Gasteiger partial charge in [-0.15, -0.1) is 11.3 Å². The minimum Gasteiger partial charge on any atom is -0.288 e. The van der Waals surface area contributed by atoms with E-state index in [0.717, 1.165) is 39.1 Å². The number of rotatable bonds is 5. The summed E-state index contributed by atoms with van der Waals surface area (Å²) < 4.78 is 58.6. The third-order valence-corrected chi connectivity index (χ3v) is 8.45. The fourth-order valence-electron chi connectivity index (χ4n) is 3.67. The predicted octanol–water partition coefficient (Wildman–Crippen LogP) is 5.39. The number of Topliss-reactive ketones (excluding diaryl/α,β-unsaturated/α-hetero) is 1. The number of anilines is 1. The number of carbonyl (C=O) groups is 1. The maximum absolute atomic E-state index is 15.3. The van der Waals surface area contributed by atoms with Gasteiger partial charge in [-0.1, -0.05) is 29.3 Å². The highest BCUT2D eigenvalue weighted by molar-refractivity contribution is 7.94. The molecule has 34 heavy (non-hydrogen) atoms. The Morgan fingerprint density at radius 3 is 2.68 bits per heavy atom. The number of allylic oxidation sites excluding steroid dienone is 2. The van der Waals surface area contributed by atoms with Gasteiger partial charge >= 0.3 is 0 Å². The van der Waals surface area contributed by atoms with Gasteiger partial charge in [0.1, 0.15) is 10.0 Å². The van der Waals surface area contributed by atoms with Crippen LogP contribution in [0.3, 0.4) is 0 Å². The van der Waals surface area contributed by atoms with Gasteiger partial charge in [-0.05, 0) is 42.7 Å². The minimum atomic E-state index is -4.20. The molecule has 0 saturated carbocycles. The van der Waals surface area contributed by atoms with E-state index in [0.29, 0.717) is 5.57 Å².